The Labute approximate surface area is 144 Å². The number of aryl methyl sites for hydroxylation is 3. The van der Waals surface area contributed by atoms with E-state index >= 15 is 0 Å². The predicted octanol–water partition coefficient (Wildman–Crippen LogP) is 5.27. The maximum Gasteiger partial charge on any atom is 0.336 e. The number of furan rings is 1. The number of fused-ring (bicyclic) bond motifs is 2. The zero-order valence-corrected chi connectivity index (χ0v) is 14.3. The summed E-state index contributed by atoms with van der Waals surface area (Å²) in [4.78, 5) is 16.5. The molecular formula is C21H17NO3. The molecule has 0 spiro atoms. The molecule has 0 fully saturated rings. The lowest BCUT2D eigenvalue weighted by molar-refractivity contribution is 0.0699. The van der Waals surface area contributed by atoms with Gasteiger partial charge in [-0.2, -0.15) is 0 Å². The van der Waals surface area contributed by atoms with Crippen LogP contribution in [0, 0.1) is 20.8 Å². The Morgan fingerprint density at radius 1 is 1.00 bits per heavy atom. The molecule has 0 unspecified atom stereocenters. The molecule has 4 aromatic rings. The second kappa shape index (κ2) is 5.45. The lowest BCUT2D eigenvalue weighted by Crippen LogP contribution is -2.01. The Balaban J connectivity index is 2.06. The summed E-state index contributed by atoms with van der Waals surface area (Å²) in [5.41, 5.74) is 5.30. The van der Waals surface area contributed by atoms with Crippen molar-refractivity contribution in [1.82, 2.24) is 4.98 Å². The maximum atomic E-state index is 11.8. The standard InChI is InChI=1S/C21H17NO3/c1-11-8-15-16(21(23)24)10-18(22-17(15)9-12(11)2)20-13(3)14-6-4-5-7-19(14)25-20/h4-10H,1-3H3,(H,23,24). The molecule has 124 valence electrons. The molecule has 1 N–H and O–H groups in total. The molecule has 4 rings (SSSR count). The average Bonchev–Trinajstić information content (AvgIpc) is 2.92. The highest BCUT2D eigenvalue weighted by atomic mass is 16.4. The summed E-state index contributed by atoms with van der Waals surface area (Å²) in [5.74, 6) is -0.352. The van der Waals surface area contributed by atoms with Gasteiger partial charge in [0.15, 0.2) is 5.76 Å². The number of aromatic nitrogens is 1. The van der Waals surface area contributed by atoms with Crippen molar-refractivity contribution in [2.45, 2.75) is 20.8 Å². The first-order valence-electron chi connectivity index (χ1n) is 8.09. The van der Waals surface area contributed by atoms with Gasteiger partial charge in [-0.05, 0) is 56.2 Å². The molecule has 0 aliphatic heterocycles. The van der Waals surface area contributed by atoms with E-state index in [1.165, 1.54) is 0 Å². The van der Waals surface area contributed by atoms with Gasteiger partial charge in [-0.15, -0.1) is 0 Å². The van der Waals surface area contributed by atoms with Gasteiger partial charge in [-0.25, -0.2) is 9.78 Å². The van der Waals surface area contributed by atoms with Crippen molar-refractivity contribution in [2.24, 2.45) is 0 Å². The van der Waals surface area contributed by atoms with Gasteiger partial charge < -0.3 is 9.52 Å². The van der Waals surface area contributed by atoms with Crippen LogP contribution in [-0.4, -0.2) is 16.1 Å². The minimum Gasteiger partial charge on any atom is -0.478 e. The van der Waals surface area contributed by atoms with E-state index in [9.17, 15) is 9.90 Å². The predicted molar refractivity (Wildman–Crippen MR) is 98.1 cm³/mol. The SMILES string of the molecule is Cc1cc2nc(-c3oc4ccccc4c3C)cc(C(=O)O)c2cc1C. The Hall–Kier alpha value is -3.14. The quantitative estimate of drug-likeness (QED) is 0.543. The van der Waals surface area contributed by atoms with E-state index in [0.29, 0.717) is 22.4 Å². The van der Waals surface area contributed by atoms with Crippen LogP contribution in [0.5, 0.6) is 0 Å². The molecule has 0 amide bonds. The number of nitrogens with zero attached hydrogens (tertiary/aromatic N) is 1. The number of benzene rings is 2. The van der Waals surface area contributed by atoms with Gasteiger partial charge >= 0.3 is 5.97 Å². The first-order chi connectivity index (χ1) is 12.0. The van der Waals surface area contributed by atoms with E-state index in [0.717, 1.165) is 27.7 Å². The molecule has 2 aromatic heterocycles. The molecule has 25 heavy (non-hydrogen) atoms. The van der Waals surface area contributed by atoms with Gasteiger partial charge in [0.2, 0.25) is 0 Å². The third kappa shape index (κ3) is 2.38. The summed E-state index contributed by atoms with van der Waals surface area (Å²) in [6, 6.07) is 13.2. The van der Waals surface area contributed by atoms with Gasteiger partial charge in [-0.1, -0.05) is 18.2 Å². The molecular weight excluding hydrogens is 314 g/mol. The number of carbonyl (C=O) groups is 1. The Morgan fingerprint density at radius 2 is 1.72 bits per heavy atom. The van der Waals surface area contributed by atoms with E-state index < -0.39 is 5.97 Å². The van der Waals surface area contributed by atoms with Crippen LogP contribution in [0.25, 0.3) is 33.3 Å². The van der Waals surface area contributed by atoms with Gasteiger partial charge in [-0.3, -0.25) is 0 Å². The largest absolute Gasteiger partial charge is 0.478 e. The Bertz CT molecular complexity index is 1150. The van der Waals surface area contributed by atoms with Crippen molar-refractivity contribution in [2.75, 3.05) is 0 Å². The molecule has 0 bridgehead atoms. The van der Waals surface area contributed by atoms with Gasteiger partial charge in [0.25, 0.3) is 0 Å². The summed E-state index contributed by atoms with van der Waals surface area (Å²) in [6.07, 6.45) is 0. The highest BCUT2D eigenvalue weighted by molar-refractivity contribution is 6.04. The maximum absolute atomic E-state index is 11.8. The number of hydrogen-bond acceptors (Lipinski definition) is 3. The van der Waals surface area contributed by atoms with Crippen molar-refractivity contribution in [3.05, 3.63) is 64.7 Å². The van der Waals surface area contributed by atoms with Crippen molar-refractivity contribution < 1.29 is 14.3 Å². The molecule has 0 aliphatic carbocycles. The zero-order valence-electron chi connectivity index (χ0n) is 14.3. The monoisotopic (exact) mass is 331 g/mol. The summed E-state index contributed by atoms with van der Waals surface area (Å²) < 4.78 is 5.97. The minimum atomic E-state index is -0.967. The molecule has 4 nitrogen and oxygen atoms in total. The van der Waals surface area contributed by atoms with E-state index in [1.807, 2.05) is 57.2 Å². The van der Waals surface area contributed by atoms with Crippen molar-refractivity contribution in [3.8, 4) is 11.5 Å². The third-order valence-electron chi connectivity index (χ3n) is 4.73. The Morgan fingerprint density at radius 3 is 2.44 bits per heavy atom. The molecule has 2 aromatic carbocycles. The van der Waals surface area contributed by atoms with E-state index in [4.69, 9.17) is 4.42 Å². The fourth-order valence-corrected chi connectivity index (χ4v) is 3.20. The van der Waals surface area contributed by atoms with E-state index in [-0.39, 0.29) is 5.56 Å². The minimum absolute atomic E-state index is 0.239. The number of rotatable bonds is 2. The van der Waals surface area contributed by atoms with Crippen LogP contribution in [-0.2, 0) is 0 Å². The van der Waals surface area contributed by atoms with E-state index in [2.05, 4.69) is 4.98 Å². The highest BCUT2D eigenvalue weighted by Crippen LogP contribution is 2.34. The molecule has 4 heteroatoms. The van der Waals surface area contributed by atoms with Crippen LogP contribution in [0.1, 0.15) is 27.0 Å². The van der Waals surface area contributed by atoms with Crippen molar-refractivity contribution in [3.63, 3.8) is 0 Å². The van der Waals surface area contributed by atoms with E-state index in [1.54, 1.807) is 6.07 Å². The number of hydrogen-bond donors (Lipinski definition) is 1. The van der Waals surface area contributed by atoms with Gasteiger partial charge in [0.1, 0.15) is 11.3 Å². The summed E-state index contributed by atoms with van der Waals surface area (Å²) in [6.45, 7) is 5.93. The second-order valence-corrected chi connectivity index (χ2v) is 6.37. The third-order valence-corrected chi connectivity index (χ3v) is 4.73. The zero-order chi connectivity index (χ0) is 17.7. The summed E-state index contributed by atoms with van der Waals surface area (Å²) in [5, 5.41) is 11.3. The van der Waals surface area contributed by atoms with Crippen LogP contribution in [0.15, 0.2) is 46.9 Å². The fourth-order valence-electron chi connectivity index (χ4n) is 3.20. The van der Waals surface area contributed by atoms with Crippen LogP contribution in [0.4, 0.5) is 0 Å². The normalized spacial score (nSPS) is 11.3. The number of carboxylic acid groups (broad SMARTS) is 1. The average molecular weight is 331 g/mol. The fraction of sp³-hybridized carbons (Fsp3) is 0.143. The molecule has 0 radical (unpaired) electrons. The van der Waals surface area contributed by atoms with Crippen molar-refractivity contribution in [1.29, 1.82) is 0 Å². The molecule has 2 heterocycles. The number of carboxylic acids is 1. The van der Waals surface area contributed by atoms with Crippen LogP contribution >= 0.6 is 0 Å². The van der Waals surface area contributed by atoms with Gasteiger partial charge in [0.05, 0.1) is 11.1 Å². The number of aromatic carboxylic acids is 1. The number of para-hydroxylation sites is 1. The molecule has 0 atom stereocenters. The molecule has 0 saturated heterocycles. The topological polar surface area (TPSA) is 63.3 Å². The van der Waals surface area contributed by atoms with Crippen molar-refractivity contribution >= 4 is 27.8 Å². The first-order valence-corrected chi connectivity index (χ1v) is 8.09. The highest BCUT2D eigenvalue weighted by Gasteiger charge is 2.18. The Kier molecular flexibility index (Phi) is 3.35. The molecule has 0 saturated carbocycles. The summed E-state index contributed by atoms with van der Waals surface area (Å²) >= 11 is 0. The summed E-state index contributed by atoms with van der Waals surface area (Å²) in [7, 11) is 0. The van der Waals surface area contributed by atoms with Crippen LogP contribution in [0.2, 0.25) is 0 Å². The lowest BCUT2D eigenvalue weighted by atomic mass is 10.0. The second-order valence-electron chi connectivity index (χ2n) is 6.37. The van der Waals surface area contributed by atoms with Crippen LogP contribution < -0.4 is 0 Å². The lowest BCUT2D eigenvalue weighted by Gasteiger charge is -2.09. The molecule has 0 aliphatic rings. The number of pyridine rings is 1. The smallest absolute Gasteiger partial charge is 0.336 e. The first kappa shape index (κ1) is 15.4. The van der Waals surface area contributed by atoms with Gasteiger partial charge in [0, 0.05) is 16.3 Å². The van der Waals surface area contributed by atoms with Crippen LogP contribution in [0.3, 0.4) is 0 Å².